The number of likely N-dealkylation sites (tertiary alicyclic amines) is 1. The van der Waals surface area contributed by atoms with Crippen molar-refractivity contribution in [2.75, 3.05) is 6.54 Å². The molecule has 0 N–H and O–H groups in total. The van der Waals surface area contributed by atoms with Gasteiger partial charge in [0.25, 0.3) is 0 Å². The molecule has 1 aromatic carbocycles. The molecule has 3 aromatic rings. The molecule has 2 aromatic heterocycles. The second-order valence-electron chi connectivity index (χ2n) is 7.35. The van der Waals surface area contributed by atoms with E-state index in [0.29, 0.717) is 24.9 Å². The normalized spacial score (nSPS) is 16.8. The zero-order chi connectivity index (χ0) is 19.8. The Morgan fingerprint density at radius 2 is 2.00 bits per heavy atom. The van der Waals surface area contributed by atoms with Crippen LogP contribution in [0.1, 0.15) is 51.6 Å². The number of hydrogen-bond donors (Lipinski definition) is 0. The highest BCUT2D eigenvalue weighted by Gasteiger charge is 2.34. The molecule has 1 amide bonds. The summed E-state index contributed by atoms with van der Waals surface area (Å²) in [6, 6.07) is 5.42. The van der Waals surface area contributed by atoms with Crippen LogP contribution in [-0.4, -0.2) is 49.0 Å². The van der Waals surface area contributed by atoms with Gasteiger partial charge in [0.15, 0.2) is 11.6 Å². The van der Waals surface area contributed by atoms with Gasteiger partial charge >= 0.3 is 0 Å². The van der Waals surface area contributed by atoms with Crippen LogP contribution in [0, 0.1) is 20.8 Å². The van der Waals surface area contributed by atoms with Crippen LogP contribution in [0.4, 0.5) is 0 Å². The minimum absolute atomic E-state index is 0.0161. The Balaban J connectivity index is 1.43. The van der Waals surface area contributed by atoms with Crippen LogP contribution in [0.5, 0.6) is 0 Å². The summed E-state index contributed by atoms with van der Waals surface area (Å²) in [4.78, 5) is 28.3. The van der Waals surface area contributed by atoms with E-state index in [1.54, 1.807) is 9.42 Å². The maximum Gasteiger partial charge on any atom is 0.234 e. The van der Waals surface area contributed by atoms with Gasteiger partial charge < -0.3 is 4.90 Å². The van der Waals surface area contributed by atoms with Crippen LogP contribution in [0.2, 0.25) is 0 Å². The Labute approximate surface area is 167 Å². The fraction of sp³-hybridized carbons (Fsp3) is 0.450. The Morgan fingerprint density at radius 3 is 2.75 bits per heavy atom. The van der Waals surface area contributed by atoms with E-state index in [1.807, 2.05) is 39.0 Å². The summed E-state index contributed by atoms with van der Waals surface area (Å²) in [5.41, 5.74) is 2.95. The molecule has 0 aliphatic carbocycles. The highest BCUT2D eigenvalue weighted by molar-refractivity contribution is 7.16. The van der Waals surface area contributed by atoms with Crippen molar-refractivity contribution in [1.29, 1.82) is 0 Å². The highest BCUT2D eigenvalue weighted by Crippen LogP contribution is 2.24. The van der Waals surface area contributed by atoms with Crippen molar-refractivity contribution >= 4 is 28.0 Å². The first-order valence-electron chi connectivity index (χ1n) is 9.52. The van der Waals surface area contributed by atoms with E-state index in [0.717, 1.165) is 39.8 Å². The zero-order valence-corrected chi connectivity index (χ0v) is 17.1. The predicted octanol–water partition coefficient (Wildman–Crippen LogP) is 2.92. The Bertz CT molecular complexity index is 1050. The molecule has 1 saturated heterocycles. The standard InChI is InChI=1S/C20H23N5O2S/c1-12-6-7-15(11-13(12)2)19(27)16-5-4-10-24(16)18(26)9-8-17-23-25-14(3)21-22-20(25)28-17/h6-7,11,16H,4-5,8-10H2,1-3H3. The number of benzene rings is 1. The summed E-state index contributed by atoms with van der Waals surface area (Å²) < 4.78 is 1.70. The second kappa shape index (κ2) is 7.43. The van der Waals surface area contributed by atoms with E-state index in [9.17, 15) is 9.59 Å². The number of carbonyl (C=O) groups is 2. The summed E-state index contributed by atoms with van der Waals surface area (Å²) in [5.74, 6) is 0.799. The van der Waals surface area contributed by atoms with Crippen molar-refractivity contribution in [3.05, 3.63) is 45.7 Å². The van der Waals surface area contributed by atoms with E-state index < -0.39 is 0 Å². The smallest absolute Gasteiger partial charge is 0.234 e. The maximum absolute atomic E-state index is 13.0. The van der Waals surface area contributed by atoms with E-state index in [-0.39, 0.29) is 17.7 Å². The van der Waals surface area contributed by atoms with Gasteiger partial charge in [-0.15, -0.1) is 10.2 Å². The largest absolute Gasteiger partial charge is 0.332 e. The van der Waals surface area contributed by atoms with Crippen LogP contribution in [0.3, 0.4) is 0 Å². The van der Waals surface area contributed by atoms with E-state index in [4.69, 9.17) is 0 Å². The minimum atomic E-state index is -0.352. The van der Waals surface area contributed by atoms with Gasteiger partial charge in [0, 0.05) is 24.9 Å². The van der Waals surface area contributed by atoms with Gasteiger partial charge in [-0.1, -0.05) is 23.5 Å². The number of fused-ring (bicyclic) bond motifs is 1. The molecule has 146 valence electrons. The number of aromatic nitrogens is 4. The number of aryl methyl sites for hydroxylation is 4. The van der Waals surface area contributed by atoms with Crippen molar-refractivity contribution in [2.45, 2.75) is 52.5 Å². The van der Waals surface area contributed by atoms with Crippen molar-refractivity contribution in [2.24, 2.45) is 0 Å². The Hall–Kier alpha value is -2.61. The molecule has 8 heteroatoms. The van der Waals surface area contributed by atoms with Gasteiger partial charge in [0.2, 0.25) is 10.9 Å². The number of hydrogen-bond acceptors (Lipinski definition) is 6. The maximum atomic E-state index is 13.0. The quantitative estimate of drug-likeness (QED) is 0.619. The first-order valence-corrected chi connectivity index (χ1v) is 10.3. The second-order valence-corrected chi connectivity index (χ2v) is 8.39. The zero-order valence-electron chi connectivity index (χ0n) is 16.3. The summed E-state index contributed by atoms with van der Waals surface area (Å²) in [6.07, 6.45) is 2.49. The van der Waals surface area contributed by atoms with Crippen LogP contribution >= 0.6 is 11.3 Å². The lowest BCUT2D eigenvalue weighted by atomic mass is 9.98. The molecule has 1 fully saturated rings. The number of nitrogens with zero attached hydrogens (tertiary/aromatic N) is 5. The fourth-order valence-electron chi connectivity index (χ4n) is 3.64. The molecule has 1 aliphatic heterocycles. The summed E-state index contributed by atoms with van der Waals surface area (Å²) in [6.45, 7) is 6.53. The average molecular weight is 398 g/mol. The SMILES string of the molecule is Cc1ccc(C(=O)C2CCCN2C(=O)CCc2nn3c(C)nnc3s2)cc1C. The number of amides is 1. The van der Waals surface area contributed by atoms with Gasteiger partial charge in [0.05, 0.1) is 6.04 Å². The Kier molecular flexibility index (Phi) is 4.97. The lowest BCUT2D eigenvalue weighted by Crippen LogP contribution is -2.40. The van der Waals surface area contributed by atoms with Crippen molar-refractivity contribution < 1.29 is 9.59 Å². The lowest BCUT2D eigenvalue weighted by molar-refractivity contribution is -0.131. The van der Waals surface area contributed by atoms with Crippen molar-refractivity contribution in [1.82, 2.24) is 24.7 Å². The molecule has 0 bridgehead atoms. The summed E-state index contributed by atoms with van der Waals surface area (Å²) >= 11 is 1.45. The summed E-state index contributed by atoms with van der Waals surface area (Å²) in [5, 5.41) is 13.3. The number of ketones is 1. The molecule has 1 atom stereocenters. The van der Waals surface area contributed by atoms with Gasteiger partial charge in [-0.2, -0.15) is 9.61 Å². The third kappa shape index (κ3) is 3.44. The molecule has 1 aliphatic rings. The predicted molar refractivity (Wildman–Crippen MR) is 107 cm³/mol. The van der Waals surface area contributed by atoms with E-state index >= 15 is 0 Å². The van der Waals surface area contributed by atoms with Crippen LogP contribution in [0.15, 0.2) is 18.2 Å². The first kappa shape index (κ1) is 18.7. The van der Waals surface area contributed by atoms with Crippen molar-refractivity contribution in [3.63, 3.8) is 0 Å². The third-order valence-electron chi connectivity index (χ3n) is 5.41. The topological polar surface area (TPSA) is 80.5 Å². The molecule has 0 spiro atoms. The van der Waals surface area contributed by atoms with Crippen LogP contribution < -0.4 is 0 Å². The van der Waals surface area contributed by atoms with Gasteiger partial charge in [-0.25, -0.2) is 0 Å². The van der Waals surface area contributed by atoms with Crippen LogP contribution in [0.25, 0.3) is 4.96 Å². The molecular formula is C20H23N5O2S. The lowest BCUT2D eigenvalue weighted by Gasteiger charge is -2.24. The molecule has 0 saturated carbocycles. The molecule has 28 heavy (non-hydrogen) atoms. The Morgan fingerprint density at radius 1 is 1.18 bits per heavy atom. The van der Waals surface area contributed by atoms with Gasteiger partial charge in [-0.3, -0.25) is 9.59 Å². The van der Waals surface area contributed by atoms with E-state index in [2.05, 4.69) is 15.3 Å². The van der Waals surface area contributed by atoms with Gasteiger partial charge in [-0.05, 0) is 50.8 Å². The molecule has 4 rings (SSSR count). The minimum Gasteiger partial charge on any atom is -0.332 e. The monoisotopic (exact) mass is 397 g/mol. The number of rotatable bonds is 5. The summed E-state index contributed by atoms with van der Waals surface area (Å²) in [7, 11) is 0. The number of Topliss-reactive ketones (excluding diaryl/α,β-unsaturated/α-hetero) is 1. The fourth-order valence-corrected chi connectivity index (χ4v) is 4.52. The van der Waals surface area contributed by atoms with Crippen LogP contribution in [-0.2, 0) is 11.2 Å². The third-order valence-corrected chi connectivity index (χ3v) is 6.37. The molecule has 1 unspecified atom stereocenters. The van der Waals surface area contributed by atoms with Crippen molar-refractivity contribution in [3.8, 4) is 0 Å². The van der Waals surface area contributed by atoms with E-state index in [1.165, 1.54) is 11.3 Å². The molecule has 3 heterocycles. The first-order chi connectivity index (χ1) is 13.4. The molecule has 0 radical (unpaired) electrons. The number of carbonyl (C=O) groups excluding carboxylic acids is 2. The highest BCUT2D eigenvalue weighted by atomic mass is 32.1. The average Bonchev–Trinajstić information content (AvgIpc) is 3.39. The van der Waals surface area contributed by atoms with Gasteiger partial charge in [0.1, 0.15) is 5.01 Å². The molecule has 7 nitrogen and oxygen atoms in total. The molecular weight excluding hydrogens is 374 g/mol.